The van der Waals surface area contributed by atoms with Gasteiger partial charge in [0.05, 0.1) is 11.6 Å². The molecule has 1 aromatic heterocycles. The maximum atomic E-state index is 11.0. The summed E-state index contributed by atoms with van der Waals surface area (Å²) in [6.45, 7) is 3.45. The Hall–Kier alpha value is -1.69. The van der Waals surface area contributed by atoms with E-state index in [0.29, 0.717) is 12.8 Å². The predicted octanol–water partition coefficient (Wildman–Crippen LogP) is 0.765. The summed E-state index contributed by atoms with van der Waals surface area (Å²) < 4.78 is 0. The van der Waals surface area contributed by atoms with Gasteiger partial charge >= 0.3 is 5.97 Å². The number of piperidine rings is 1. The fourth-order valence-electron chi connectivity index (χ4n) is 2.97. The normalized spacial score (nSPS) is 20.8. The topological polar surface area (TPSA) is 69.6 Å². The number of rotatable bonds is 2. The van der Waals surface area contributed by atoms with Gasteiger partial charge < -0.3 is 14.9 Å². The summed E-state index contributed by atoms with van der Waals surface area (Å²) >= 11 is 0. The quantitative estimate of drug-likeness (QED) is 0.860. The highest BCUT2D eigenvalue weighted by molar-refractivity contribution is 5.70. The average Bonchev–Trinajstić information content (AvgIpc) is 2.46. The van der Waals surface area contributed by atoms with Crippen molar-refractivity contribution in [2.45, 2.75) is 25.8 Å². The molecule has 0 bridgehead atoms. The third kappa shape index (κ3) is 2.60. The lowest BCUT2D eigenvalue weighted by Gasteiger charge is -2.32. The molecule has 2 aliphatic rings. The van der Waals surface area contributed by atoms with Crippen LogP contribution in [-0.4, -0.2) is 52.9 Å². The van der Waals surface area contributed by atoms with Gasteiger partial charge in [0.25, 0.3) is 0 Å². The van der Waals surface area contributed by atoms with Crippen molar-refractivity contribution in [2.75, 3.05) is 31.6 Å². The maximum Gasteiger partial charge on any atom is 0.306 e. The van der Waals surface area contributed by atoms with Crippen molar-refractivity contribution in [3.05, 3.63) is 17.3 Å². The smallest absolute Gasteiger partial charge is 0.306 e. The summed E-state index contributed by atoms with van der Waals surface area (Å²) in [5.74, 6) is 0.00802. The van der Waals surface area contributed by atoms with Crippen molar-refractivity contribution in [3.8, 4) is 0 Å². The number of aromatic nitrogens is 2. The average molecular weight is 276 g/mol. The fourth-order valence-corrected chi connectivity index (χ4v) is 2.97. The van der Waals surface area contributed by atoms with Gasteiger partial charge in [-0.15, -0.1) is 5.10 Å². The number of hydrogen-bond acceptors (Lipinski definition) is 5. The molecule has 0 radical (unpaired) electrons. The van der Waals surface area contributed by atoms with Crippen LogP contribution in [0, 0.1) is 5.92 Å². The van der Waals surface area contributed by atoms with Gasteiger partial charge in [0.15, 0.2) is 5.82 Å². The van der Waals surface area contributed by atoms with E-state index in [9.17, 15) is 4.79 Å². The summed E-state index contributed by atoms with van der Waals surface area (Å²) in [7, 11) is 2.11. The fraction of sp³-hybridized carbons (Fsp3) is 0.643. The molecule has 0 atom stereocenters. The lowest BCUT2D eigenvalue weighted by atomic mass is 9.97. The molecular formula is C14H20N4O2. The molecule has 1 aromatic rings. The van der Waals surface area contributed by atoms with Gasteiger partial charge in [-0.1, -0.05) is 0 Å². The number of anilines is 1. The Kier molecular flexibility index (Phi) is 3.56. The first kappa shape index (κ1) is 13.3. The molecule has 6 heteroatoms. The number of carbonyl (C=O) groups is 1. The molecule has 1 N–H and O–H groups in total. The van der Waals surface area contributed by atoms with Gasteiger partial charge in [-0.2, -0.15) is 5.10 Å². The van der Waals surface area contributed by atoms with Gasteiger partial charge in [0.1, 0.15) is 0 Å². The molecule has 0 aliphatic carbocycles. The highest BCUT2D eigenvalue weighted by atomic mass is 16.4. The first-order chi connectivity index (χ1) is 9.63. The van der Waals surface area contributed by atoms with Crippen molar-refractivity contribution in [2.24, 2.45) is 5.92 Å². The van der Waals surface area contributed by atoms with Crippen LogP contribution in [0.2, 0.25) is 0 Å². The van der Waals surface area contributed by atoms with Crippen LogP contribution in [-0.2, 0) is 17.8 Å². The third-order valence-electron chi connectivity index (χ3n) is 4.29. The highest BCUT2D eigenvalue weighted by Gasteiger charge is 2.26. The molecule has 0 spiro atoms. The van der Waals surface area contributed by atoms with E-state index in [-0.39, 0.29) is 5.92 Å². The summed E-state index contributed by atoms with van der Waals surface area (Å²) in [5, 5.41) is 17.7. The van der Waals surface area contributed by atoms with Crippen LogP contribution in [0.15, 0.2) is 6.07 Å². The molecule has 108 valence electrons. The lowest BCUT2D eigenvalue weighted by Crippen LogP contribution is -2.37. The van der Waals surface area contributed by atoms with E-state index in [1.165, 1.54) is 5.56 Å². The number of hydrogen-bond donors (Lipinski definition) is 1. The van der Waals surface area contributed by atoms with Crippen LogP contribution < -0.4 is 4.90 Å². The minimum absolute atomic E-state index is 0.206. The van der Waals surface area contributed by atoms with Crippen LogP contribution in [0.1, 0.15) is 24.1 Å². The van der Waals surface area contributed by atoms with Gasteiger partial charge in [-0.3, -0.25) is 4.79 Å². The predicted molar refractivity (Wildman–Crippen MR) is 74.6 cm³/mol. The summed E-state index contributed by atoms with van der Waals surface area (Å²) in [4.78, 5) is 15.4. The molecule has 6 nitrogen and oxygen atoms in total. The van der Waals surface area contributed by atoms with Gasteiger partial charge in [0, 0.05) is 32.6 Å². The largest absolute Gasteiger partial charge is 0.481 e. The monoisotopic (exact) mass is 276 g/mol. The van der Waals surface area contributed by atoms with Gasteiger partial charge in [0.2, 0.25) is 0 Å². The third-order valence-corrected chi connectivity index (χ3v) is 4.29. The molecule has 0 unspecified atom stereocenters. The van der Waals surface area contributed by atoms with E-state index in [1.807, 2.05) is 0 Å². The van der Waals surface area contributed by atoms with E-state index in [0.717, 1.165) is 44.1 Å². The first-order valence-corrected chi connectivity index (χ1v) is 7.15. The second-order valence-electron chi connectivity index (χ2n) is 5.76. The van der Waals surface area contributed by atoms with Crippen LogP contribution in [0.4, 0.5) is 5.82 Å². The minimum Gasteiger partial charge on any atom is -0.481 e. The Bertz CT molecular complexity index is 512. The number of carboxylic acid groups (broad SMARTS) is 1. The Morgan fingerprint density at radius 2 is 2.05 bits per heavy atom. The number of carboxylic acids is 1. The number of likely N-dealkylation sites (N-methyl/N-ethyl adjacent to an activating group) is 1. The zero-order chi connectivity index (χ0) is 14.1. The molecule has 1 fully saturated rings. The molecule has 3 heterocycles. The van der Waals surface area contributed by atoms with Crippen LogP contribution in [0.25, 0.3) is 0 Å². The summed E-state index contributed by atoms with van der Waals surface area (Å²) in [5.41, 5.74) is 2.36. The molecule has 20 heavy (non-hydrogen) atoms. The van der Waals surface area contributed by atoms with Crippen molar-refractivity contribution in [1.29, 1.82) is 0 Å². The first-order valence-electron chi connectivity index (χ1n) is 7.15. The number of fused-ring (bicyclic) bond motifs is 1. The van der Waals surface area contributed by atoms with Crippen molar-refractivity contribution in [1.82, 2.24) is 15.1 Å². The molecule has 0 aromatic carbocycles. The van der Waals surface area contributed by atoms with Gasteiger partial charge in [-0.25, -0.2) is 0 Å². The Morgan fingerprint density at radius 3 is 2.75 bits per heavy atom. The summed E-state index contributed by atoms with van der Waals surface area (Å²) in [6.07, 6.45) is 2.34. The standard InChI is InChI=1S/C14H20N4O2/c1-17-5-4-12-11(9-17)8-13(16-15-12)18-6-2-10(3-7-18)14(19)20/h8,10H,2-7,9H2,1H3,(H,19,20). The second kappa shape index (κ2) is 5.36. The molecule has 3 rings (SSSR count). The van der Waals surface area contributed by atoms with E-state index in [4.69, 9.17) is 5.11 Å². The zero-order valence-electron chi connectivity index (χ0n) is 11.7. The SMILES string of the molecule is CN1CCc2nnc(N3CCC(C(=O)O)CC3)cc2C1. The van der Waals surface area contributed by atoms with E-state index < -0.39 is 5.97 Å². The molecule has 0 saturated carbocycles. The second-order valence-corrected chi connectivity index (χ2v) is 5.76. The Labute approximate surface area is 118 Å². The molecular weight excluding hydrogens is 256 g/mol. The molecule has 0 amide bonds. The Balaban J connectivity index is 1.72. The van der Waals surface area contributed by atoms with Crippen LogP contribution >= 0.6 is 0 Å². The number of nitrogens with zero attached hydrogens (tertiary/aromatic N) is 4. The van der Waals surface area contributed by atoms with E-state index >= 15 is 0 Å². The maximum absolute atomic E-state index is 11.0. The zero-order valence-corrected chi connectivity index (χ0v) is 11.7. The van der Waals surface area contributed by atoms with Crippen molar-refractivity contribution in [3.63, 3.8) is 0 Å². The van der Waals surface area contributed by atoms with Crippen molar-refractivity contribution < 1.29 is 9.90 Å². The van der Waals surface area contributed by atoms with Gasteiger partial charge in [-0.05, 0) is 31.5 Å². The molecule has 1 saturated heterocycles. The van der Waals surface area contributed by atoms with Crippen LogP contribution in [0.3, 0.4) is 0 Å². The molecule has 2 aliphatic heterocycles. The van der Waals surface area contributed by atoms with E-state index in [2.05, 4.69) is 33.1 Å². The number of aliphatic carboxylic acids is 1. The summed E-state index contributed by atoms with van der Waals surface area (Å²) in [6, 6.07) is 2.12. The van der Waals surface area contributed by atoms with Crippen LogP contribution in [0.5, 0.6) is 0 Å². The lowest BCUT2D eigenvalue weighted by molar-refractivity contribution is -0.142. The highest BCUT2D eigenvalue weighted by Crippen LogP contribution is 2.24. The van der Waals surface area contributed by atoms with E-state index in [1.54, 1.807) is 0 Å². The van der Waals surface area contributed by atoms with Crippen molar-refractivity contribution >= 4 is 11.8 Å². The minimum atomic E-state index is -0.678. The Morgan fingerprint density at radius 1 is 1.30 bits per heavy atom.